The Morgan fingerprint density at radius 2 is 1.95 bits per heavy atom. The van der Waals surface area contributed by atoms with Crippen LogP contribution in [0.3, 0.4) is 0 Å². The molecule has 0 radical (unpaired) electrons. The van der Waals surface area contributed by atoms with Crippen LogP contribution in [0.2, 0.25) is 0 Å². The zero-order valence-electron chi connectivity index (χ0n) is 12.6. The van der Waals surface area contributed by atoms with E-state index in [-0.39, 0.29) is 0 Å². The van der Waals surface area contributed by atoms with E-state index in [1.807, 2.05) is 5.43 Å². The molecule has 0 aliphatic carbocycles. The molecule has 22 heavy (non-hydrogen) atoms. The Bertz CT molecular complexity index is 460. The predicted octanol–water partition coefficient (Wildman–Crippen LogP) is 1.70. The Labute approximate surface area is 139 Å². The Hall–Kier alpha value is -1.15. The highest BCUT2D eigenvalue weighted by atomic mass is 79.9. The number of nitrogens with zero attached hydrogens (tertiary/aromatic N) is 1. The molecular weight excluding hydrogens is 346 g/mol. The second-order valence-electron chi connectivity index (χ2n) is 5.55. The fraction of sp³-hybridized carbons (Fsp3) is 0.533. The van der Waals surface area contributed by atoms with Gasteiger partial charge in [0.2, 0.25) is 0 Å². The molecule has 1 aliphatic heterocycles. The third-order valence-corrected chi connectivity index (χ3v) is 4.57. The van der Waals surface area contributed by atoms with Crippen molar-refractivity contribution in [3.63, 3.8) is 0 Å². The SMILES string of the molecule is NNC(=O)NNCCCN1CCC(c2ccc(Br)cc2)CC1. The molecule has 2 rings (SSSR count). The summed E-state index contributed by atoms with van der Waals surface area (Å²) >= 11 is 3.48. The molecule has 6 nitrogen and oxygen atoms in total. The lowest BCUT2D eigenvalue weighted by Gasteiger charge is -2.32. The summed E-state index contributed by atoms with van der Waals surface area (Å²) in [6.07, 6.45) is 3.42. The second kappa shape index (κ2) is 9.09. The lowest BCUT2D eigenvalue weighted by molar-refractivity contribution is 0.208. The maximum Gasteiger partial charge on any atom is 0.343 e. The molecule has 0 unspecified atom stereocenters. The molecule has 7 heteroatoms. The Morgan fingerprint density at radius 1 is 1.27 bits per heavy atom. The highest BCUT2D eigenvalue weighted by Gasteiger charge is 2.19. The number of urea groups is 1. The third kappa shape index (κ3) is 5.57. The maximum atomic E-state index is 10.8. The summed E-state index contributed by atoms with van der Waals surface area (Å²) in [5.41, 5.74) is 8.75. The van der Waals surface area contributed by atoms with Crippen LogP contribution in [0.4, 0.5) is 4.79 Å². The van der Waals surface area contributed by atoms with Crippen molar-refractivity contribution in [3.8, 4) is 0 Å². The van der Waals surface area contributed by atoms with Crippen LogP contribution in [-0.2, 0) is 0 Å². The minimum Gasteiger partial charge on any atom is -0.303 e. The van der Waals surface area contributed by atoms with E-state index in [4.69, 9.17) is 5.84 Å². The highest BCUT2D eigenvalue weighted by molar-refractivity contribution is 9.10. The summed E-state index contributed by atoms with van der Waals surface area (Å²) in [4.78, 5) is 13.3. The molecule has 5 N–H and O–H groups in total. The summed E-state index contributed by atoms with van der Waals surface area (Å²) in [7, 11) is 0. The molecule has 0 bridgehead atoms. The first-order valence-electron chi connectivity index (χ1n) is 7.66. The maximum absolute atomic E-state index is 10.8. The van der Waals surface area contributed by atoms with Gasteiger partial charge in [-0.3, -0.25) is 10.9 Å². The number of piperidine rings is 1. The Morgan fingerprint density at radius 3 is 2.59 bits per heavy atom. The number of carbonyl (C=O) groups is 1. The number of rotatable bonds is 6. The van der Waals surface area contributed by atoms with Crippen molar-refractivity contribution in [2.45, 2.75) is 25.2 Å². The van der Waals surface area contributed by atoms with Crippen LogP contribution in [0.25, 0.3) is 0 Å². The number of hydrazine groups is 2. The van der Waals surface area contributed by atoms with Crippen molar-refractivity contribution in [2.75, 3.05) is 26.2 Å². The van der Waals surface area contributed by atoms with Gasteiger partial charge < -0.3 is 4.90 Å². The van der Waals surface area contributed by atoms with Gasteiger partial charge in [0.05, 0.1) is 0 Å². The Kier molecular flexibility index (Phi) is 7.11. The molecule has 0 saturated carbocycles. The minimum absolute atomic E-state index is 0.421. The average Bonchev–Trinajstić information content (AvgIpc) is 2.55. The molecule has 1 fully saturated rings. The molecule has 1 saturated heterocycles. The Balaban J connectivity index is 1.61. The first-order chi connectivity index (χ1) is 10.7. The molecule has 1 aromatic rings. The molecule has 122 valence electrons. The van der Waals surface area contributed by atoms with Crippen LogP contribution in [0.5, 0.6) is 0 Å². The van der Waals surface area contributed by atoms with Crippen LogP contribution in [-0.4, -0.2) is 37.1 Å². The van der Waals surface area contributed by atoms with Crippen LogP contribution in [0, 0.1) is 0 Å². The van der Waals surface area contributed by atoms with Crippen LogP contribution in [0.15, 0.2) is 28.7 Å². The molecule has 1 heterocycles. The van der Waals surface area contributed by atoms with Crippen LogP contribution >= 0.6 is 15.9 Å². The van der Waals surface area contributed by atoms with Crippen LogP contribution < -0.4 is 22.1 Å². The number of likely N-dealkylation sites (tertiary alicyclic amines) is 1. The van der Waals surface area contributed by atoms with Gasteiger partial charge in [-0.1, -0.05) is 28.1 Å². The van der Waals surface area contributed by atoms with E-state index in [1.165, 1.54) is 18.4 Å². The van der Waals surface area contributed by atoms with E-state index >= 15 is 0 Å². The van der Waals surface area contributed by atoms with Crippen molar-refractivity contribution < 1.29 is 4.79 Å². The first kappa shape index (κ1) is 17.2. The summed E-state index contributed by atoms with van der Waals surface area (Å²) < 4.78 is 1.14. The zero-order valence-corrected chi connectivity index (χ0v) is 14.2. The fourth-order valence-corrected chi connectivity index (χ4v) is 3.06. The highest BCUT2D eigenvalue weighted by Crippen LogP contribution is 2.28. The molecule has 1 aromatic carbocycles. The second-order valence-corrected chi connectivity index (χ2v) is 6.46. The monoisotopic (exact) mass is 369 g/mol. The van der Waals surface area contributed by atoms with Gasteiger partial charge >= 0.3 is 6.03 Å². The van der Waals surface area contributed by atoms with E-state index in [9.17, 15) is 4.79 Å². The van der Waals surface area contributed by atoms with Crippen LogP contribution in [0.1, 0.15) is 30.7 Å². The summed E-state index contributed by atoms with van der Waals surface area (Å²) in [6, 6.07) is 8.27. The van der Waals surface area contributed by atoms with Gasteiger partial charge in [-0.15, -0.1) is 0 Å². The van der Waals surface area contributed by atoms with E-state index in [1.54, 1.807) is 0 Å². The molecule has 2 amide bonds. The van der Waals surface area contributed by atoms with Gasteiger partial charge in [0.1, 0.15) is 0 Å². The van der Waals surface area contributed by atoms with E-state index in [2.05, 4.69) is 55.9 Å². The van der Waals surface area contributed by atoms with Gasteiger partial charge in [-0.25, -0.2) is 16.1 Å². The number of nitrogens with one attached hydrogen (secondary N) is 3. The number of carbonyl (C=O) groups excluding carboxylic acids is 1. The third-order valence-electron chi connectivity index (χ3n) is 4.04. The molecule has 0 aromatic heterocycles. The predicted molar refractivity (Wildman–Crippen MR) is 91.0 cm³/mol. The molecule has 0 spiro atoms. The average molecular weight is 370 g/mol. The van der Waals surface area contributed by atoms with E-state index in [0.29, 0.717) is 5.92 Å². The number of hydrogen-bond acceptors (Lipinski definition) is 4. The van der Waals surface area contributed by atoms with Crippen molar-refractivity contribution in [3.05, 3.63) is 34.3 Å². The van der Waals surface area contributed by atoms with Crippen molar-refractivity contribution in [1.29, 1.82) is 0 Å². The largest absolute Gasteiger partial charge is 0.343 e. The van der Waals surface area contributed by atoms with Gasteiger partial charge in [-0.05, 0) is 62.5 Å². The molecule has 0 atom stereocenters. The summed E-state index contributed by atoms with van der Waals surface area (Å²) in [6.45, 7) is 4.06. The van der Waals surface area contributed by atoms with E-state index < -0.39 is 6.03 Å². The smallest absolute Gasteiger partial charge is 0.303 e. The lowest BCUT2D eigenvalue weighted by Crippen LogP contribution is -2.47. The number of hydrogen-bond donors (Lipinski definition) is 4. The van der Waals surface area contributed by atoms with E-state index in [0.717, 1.165) is 37.1 Å². The van der Waals surface area contributed by atoms with Crippen molar-refractivity contribution >= 4 is 22.0 Å². The zero-order chi connectivity index (χ0) is 15.8. The summed E-state index contributed by atoms with van der Waals surface area (Å²) in [5.74, 6) is 5.64. The lowest BCUT2D eigenvalue weighted by atomic mass is 9.89. The normalized spacial score (nSPS) is 16.5. The number of benzene rings is 1. The van der Waals surface area contributed by atoms with Gasteiger partial charge in [0.15, 0.2) is 0 Å². The number of halogens is 1. The van der Waals surface area contributed by atoms with Crippen molar-refractivity contribution in [2.24, 2.45) is 5.84 Å². The molecule has 1 aliphatic rings. The molecular formula is C15H24BrN5O. The van der Waals surface area contributed by atoms with Crippen molar-refractivity contribution in [1.82, 2.24) is 21.2 Å². The van der Waals surface area contributed by atoms with Gasteiger partial charge in [0.25, 0.3) is 0 Å². The minimum atomic E-state index is -0.421. The number of amides is 2. The summed E-state index contributed by atoms with van der Waals surface area (Å²) in [5, 5.41) is 0. The quantitative estimate of drug-likeness (QED) is 0.266. The van der Waals surface area contributed by atoms with Gasteiger partial charge in [0, 0.05) is 11.0 Å². The standard InChI is InChI=1S/C15H24BrN5O/c16-14-4-2-12(3-5-14)13-6-10-21(11-7-13)9-1-8-18-20-15(22)19-17/h2-5,13,18H,1,6-11,17H2,(H2,19,20,22). The first-order valence-corrected chi connectivity index (χ1v) is 8.45. The topological polar surface area (TPSA) is 82.4 Å². The van der Waals surface area contributed by atoms with Gasteiger partial charge in [-0.2, -0.15) is 0 Å². The number of nitrogens with two attached hydrogens (primary N) is 1. The fourth-order valence-electron chi connectivity index (χ4n) is 2.79.